The van der Waals surface area contributed by atoms with Crippen LogP contribution >= 0.6 is 0 Å². The van der Waals surface area contributed by atoms with Crippen LogP contribution in [-0.2, 0) is 27.4 Å². The second-order valence-corrected chi connectivity index (χ2v) is 20.3. The first-order valence-corrected chi connectivity index (χ1v) is 16.9. The highest BCUT2D eigenvalue weighted by atomic mass is 28.5. The lowest BCUT2D eigenvalue weighted by atomic mass is 10.2. The summed E-state index contributed by atoms with van der Waals surface area (Å²) in [5.74, 6) is 0.771. The Morgan fingerprint density at radius 3 is 1.39 bits per heavy atom. The van der Waals surface area contributed by atoms with Crippen molar-refractivity contribution in [3.8, 4) is 0 Å². The van der Waals surface area contributed by atoms with Crippen molar-refractivity contribution in [2.75, 3.05) is 0 Å². The molecule has 0 fully saturated rings. The molecule has 0 aliphatic heterocycles. The van der Waals surface area contributed by atoms with E-state index >= 15 is 0 Å². The molecular formula is C14H32O6Si3. The maximum atomic E-state index is 8.12. The van der Waals surface area contributed by atoms with Crippen LogP contribution in [0.4, 0.5) is 0 Å². The molecule has 0 saturated heterocycles. The zero-order chi connectivity index (χ0) is 19.3. The molecular weight excluding hydrogens is 348 g/mol. The first kappa shape index (κ1) is 27.2. The smallest absolute Gasteiger partial charge is 0.373 e. The maximum absolute atomic E-state index is 8.12. The van der Waals surface area contributed by atoms with Gasteiger partial charge in [-0.3, -0.25) is 0 Å². The molecule has 23 heavy (non-hydrogen) atoms. The number of hydrogen-bond donors (Lipinski definition) is 0. The first-order chi connectivity index (χ1) is 10.2. The van der Waals surface area contributed by atoms with Crippen LogP contribution in [0.1, 0.15) is 20.3 Å². The van der Waals surface area contributed by atoms with Gasteiger partial charge >= 0.3 is 20.9 Å². The quantitative estimate of drug-likeness (QED) is 0.627. The van der Waals surface area contributed by atoms with E-state index in [0.717, 1.165) is 5.92 Å². The third kappa shape index (κ3) is 26.5. The normalized spacial score (nSPS) is 11.4. The molecule has 0 heterocycles. The second kappa shape index (κ2) is 12.7. The third-order valence-corrected chi connectivity index (χ3v) is 12.5. The van der Waals surface area contributed by atoms with Crippen LogP contribution in [0.5, 0.6) is 0 Å². The Balaban J connectivity index is -0.000000573. The molecule has 0 saturated carbocycles. The third-order valence-electron chi connectivity index (χ3n) is 2.40. The van der Waals surface area contributed by atoms with Gasteiger partial charge in [-0.15, -0.1) is 0 Å². The fraction of sp³-hybridized carbons (Fsp3) is 0.857. The molecule has 0 unspecified atom stereocenters. The molecule has 0 aromatic rings. The van der Waals surface area contributed by atoms with E-state index in [0.29, 0.717) is 0 Å². The fourth-order valence-electron chi connectivity index (χ4n) is 2.11. The van der Waals surface area contributed by atoms with E-state index in [1.807, 2.05) is 0 Å². The highest BCUT2D eigenvalue weighted by Gasteiger charge is 2.37. The van der Waals surface area contributed by atoms with Crippen LogP contribution in [0.15, 0.2) is 0 Å². The molecule has 0 aromatic heterocycles. The molecule has 0 rings (SSSR count). The molecule has 136 valence electrons. The van der Waals surface area contributed by atoms with E-state index in [1.165, 1.54) is 12.5 Å². The summed E-state index contributed by atoms with van der Waals surface area (Å²) < 4.78 is 12.7. The molecule has 0 N–H and O–H groups in total. The Morgan fingerprint density at radius 1 is 0.783 bits per heavy atom. The van der Waals surface area contributed by atoms with Gasteiger partial charge in [0.05, 0.1) is 0 Å². The summed E-state index contributed by atoms with van der Waals surface area (Å²) in [4.78, 5) is 32.5. The van der Waals surface area contributed by atoms with E-state index in [1.54, 1.807) is 0 Å². The Morgan fingerprint density at radius 2 is 1.13 bits per heavy atom. The minimum atomic E-state index is -1.92. The number of carbonyl (C=O) groups excluding carboxylic acids is 4. The molecule has 0 aromatic carbocycles. The Bertz CT molecular complexity index is 364. The van der Waals surface area contributed by atoms with E-state index in [4.69, 9.17) is 27.4 Å². The molecule has 0 atom stereocenters. The standard InChI is InChI=1S/C12H32O2Si3.2CO2/c1-12(2)10-11-16(6,7)14-17(8,9)13-15(3,4)5;2*2-1-3/h12H,10-11H2,1-9H3;;. The summed E-state index contributed by atoms with van der Waals surface area (Å²) in [6, 6.07) is 1.25. The second-order valence-electron chi connectivity index (χ2n) is 7.58. The van der Waals surface area contributed by atoms with Crippen molar-refractivity contribution in [2.45, 2.75) is 72.1 Å². The minimum Gasteiger partial charge on any atom is -0.437 e. The summed E-state index contributed by atoms with van der Waals surface area (Å²) in [5, 5.41) is 0. The summed E-state index contributed by atoms with van der Waals surface area (Å²) in [6.45, 7) is 20.4. The van der Waals surface area contributed by atoms with E-state index in [9.17, 15) is 0 Å². The average molecular weight is 381 g/mol. The monoisotopic (exact) mass is 380 g/mol. The van der Waals surface area contributed by atoms with Gasteiger partial charge in [0.1, 0.15) is 0 Å². The molecule has 0 aliphatic rings. The van der Waals surface area contributed by atoms with Gasteiger partial charge in [0.25, 0.3) is 0 Å². The van der Waals surface area contributed by atoms with Gasteiger partial charge in [-0.05, 0) is 57.8 Å². The Hall–Kier alpha value is -0.669. The SMILES string of the molecule is CC(C)CC[Si](C)(C)O[Si](C)(C)O[Si](C)(C)C.O=C=O.O=C=O. The van der Waals surface area contributed by atoms with Gasteiger partial charge in [-0.1, -0.05) is 20.3 Å². The summed E-state index contributed by atoms with van der Waals surface area (Å²) in [7, 11) is -4.94. The van der Waals surface area contributed by atoms with Crippen molar-refractivity contribution in [1.82, 2.24) is 0 Å². The van der Waals surface area contributed by atoms with Crippen molar-refractivity contribution < 1.29 is 27.4 Å². The lowest BCUT2D eigenvalue weighted by molar-refractivity contribution is -0.193. The van der Waals surface area contributed by atoms with Crippen molar-refractivity contribution in [1.29, 1.82) is 0 Å². The number of hydrogen-bond acceptors (Lipinski definition) is 6. The van der Waals surface area contributed by atoms with E-state index in [2.05, 4.69) is 59.7 Å². The number of rotatable bonds is 7. The van der Waals surface area contributed by atoms with Gasteiger partial charge < -0.3 is 8.23 Å². The van der Waals surface area contributed by atoms with Gasteiger partial charge in [0, 0.05) is 0 Å². The van der Waals surface area contributed by atoms with Gasteiger partial charge in [-0.25, -0.2) is 0 Å². The van der Waals surface area contributed by atoms with Crippen LogP contribution in [0.25, 0.3) is 0 Å². The molecule has 0 radical (unpaired) electrons. The van der Waals surface area contributed by atoms with E-state index < -0.39 is 25.2 Å². The van der Waals surface area contributed by atoms with Gasteiger partial charge in [-0.2, -0.15) is 19.2 Å². The summed E-state index contributed by atoms with van der Waals surface area (Å²) in [5.41, 5.74) is 0. The predicted molar refractivity (Wildman–Crippen MR) is 94.8 cm³/mol. The van der Waals surface area contributed by atoms with Gasteiger partial charge in [0.15, 0.2) is 16.6 Å². The largest absolute Gasteiger partial charge is 0.437 e. The fourth-order valence-corrected chi connectivity index (χ4v) is 15.6. The topological polar surface area (TPSA) is 86.7 Å². The Kier molecular flexibility index (Phi) is 15.0. The highest BCUT2D eigenvalue weighted by molar-refractivity contribution is 6.87. The minimum absolute atomic E-state index is 0.250. The van der Waals surface area contributed by atoms with E-state index in [-0.39, 0.29) is 12.3 Å². The summed E-state index contributed by atoms with van der Waals surface area (Å²) in [6.07, 6.45) is 1.77. The zero-order valence-corrected chi connectivity index (χ0v) is 18.9. The van der Waals surface area contributed by atoms with Crippen LogP contribution in [0, 0.1) is 5.92 Å². The molecule has 0 aliphatic carbocycles. The highest BCUT2D eigenvalue weighted by Crippen LogP contribution is 2.24. The van der Waals surface area contributed by atoms with Crippen LogP contribution < -0.4 is 0 Å². The summed E-state index contributed by atoms with van der Waals surface area (Å²) >= 11 is 0. The molecule has 0 spiro atoms. The average Bonchev–Trinajstić information content (AvgIpc) is 2.23. The van der Waals surface area contributed by atoms with Crippen LogP contribution in [-0.4, -0.2) is 37.5 Å². The van der Waals surface area contributed by atoms with Crippen molar-refractivity contribution in [2.24, 2.45) is 5.92 Å². The first-order valence-electron chi connectivity index (χ1n) is 7.55. The maximum Gasteiger partial charge on any atom is 0.373 e. The molecule has 9 heteroatoms. The van der Waals surface area contributed by atoms with Crippen LogP contribution in [0.2, 0.25) is 51.9 Å². The van der Waals surface area contributed by atoms with Crippen LogP contribution in [0.3, 0.4) is 0 Å². The zero-order valence-electron chi connectivity index (χ0n) is 15.9. The predicted octanol–water partition coefficient (Wildman–Crippen LogP) is 3.64. The molecule has 0 amide bonds. The lowest BCUT2D eigenvalue weighted by Gasteiger charge is -2.37. The van der Waals surface area contributed by atoms with Gasteiger partial charge in [0.2, 0.25) is 0 Å². The van der Waals surface area contributed by atoms with Crippen molar-refractivity contribution in [3.05, 3.63) is 0 Å². The molecule has 0 bridgehead atoms. The van der Waals surface area contributed by atoms with Crippen molar-refractivity contribution in [3.63, 3.8) is 0 Å². The lowest BCUT2D eigenvalue weighted by Crippen LogP contribution is -2.51. The molecule has 6 nitrogen and oxygen atoms in total. The Labute approximate surface area is 143 Å². The van der Waals surface area contributed by atoms with Crippen molar-refractivity contribution >= 4 is 37.5 Å².